The molecule has 0 spiro atoms. The van der Waals surface area contributed by atoms with Crippen molar-refractivity contribution >= 4 is 45.0 Å². The molecule has 0 saturated carbocycles. The Hall–Kier alpha value is -3.20. The Kier molecular flexibility index (Phi) is 7.19. The minimum atomic E-state index is -0.494. The van der Waals surface area contributed by atoms with Gasteiger partial charge in [-0.25, -0.2) is 9.37 Å². The molecular formula is C31H36ClFN6O. The molecule has 40 heavy (non-hydrogen) atoms. The van der Waals surface area contributed by atoms with Crippen LogP contribution >= 0.6 is 11.6 Å². The van der Waals surface area contributed by atoms with Gasteiger partial charge in [-0.2, -0.15) is 4.98 Å². The number of benzene rings is 3. The van der Waals surface area contributed by atoms with Crippen LogP contribution in [0.1, 0.15) is 19.3 Å². The first kappa shape index (κ1) is 27.0. The van der Waals surface area contributed by atoms with Gasteiger partial charge in [0.1, 0.15) is 17.1 Å². The summed E-state index contributed by atoms with van der Waals surface area (Å²) in [6.07, 6.45) is 3.29. The van der Waals surface area contributed by atoms with Crippen LogP contribution in [0.3, 0.4) is 0 Å². The van der Waals surface area contributed by atoms with Crippen LogP contribution in [0.2, 0.25) is 5.02 Å². The van der Waals surface area contributed by atoms with Crippen LogP contribution in [0.4, 0.5) is 16.2 Å². The third-order valence-corrected chi connectivity index (χ3v) is 8.82. The van der Waals surface area contributed by atoms with Gasteiger partial charge in [0, 0.05) is 49.2 Å². The Morgan fingerprint density at radius 3 is 2.38 bits per heavy atom. The fourth-order valence-electron chi connectivity index (χ4n) is 5.98. The second-order valence-corrected chi connectivity index (χ2v) is 12.0. The lowest BCUT2D eigenvalue weighted by Crippen LogP contribution is -2.58. The molecule has 2 aliphatic rings. The molecule has 9 heteroatoms. The number of phenols is 1. The van der Waals surface area contributed by atoms with Gasteiger partial charge in [0.05, 0.1) is 5.02 Å². The summed E-state index contributed by atoms with van der Waals surface area (Å²) in [5.41, 5.74) is 1.04. The van der Waals surface area contributed by atoms with Crippen LogP contribution in [-0.4, -0.2) is 91.3 Å². The second kappa shape index (κ2) is 10.7. The summed E-state index contributed by atoms with van der Waals surface area (Å²) in [6, 6.07) is 13.5. The number of halogens is 2. The van der Waals surface area contributed by atoms with Crippen LogP contribution in [-0.2, 0) is 0 Å². The monoisotopic (exact) mass is 562 g/mol. The zero-order chi connectivity index (χ0) is 28.1. The van der Waals surface area contributed by atoms with Crippen LogP contribution in [0.5, 0.6) is 5.75 Å². The van der Waals surface area contributed by atoms with Crippen molar-refractivity contribution in [2.75, 3.05) is 64.2 Å². The van der Waals surface area contributed by atoms with E-state index in [1.165, 1.54) is 0 Å². The van der Waals surface area contributed by atoms with Gasteiger partial charge in [0.25, 0.3) is 0 Å². The molecule has 3 aromatic carbocycles. The molecule has 2 aliphatic heterocycles. The van der Waals surface area contributed by atoms with E-state index in [0.29, 0.717) is 29.0 Å². The molecule has 3 heterocycles. The number of anilines is 2. The van der Waals surface area contributed by atoms with Crippen molar-refractivity contribution in [3.63, 3.8) is 0 Å². The van der Waals surface area contributed by atoms with Gasteiger partial charge >= 0.3 is 0 Å². The minimum absolute atomic E-state index is 0.0583. The second-order valence-electron chi connectivity index (χ2n) is 11.6. The number of hydrogen-bond donors (Lipinski definition) is 1. The Labute approximate surface area is 239 Å². The quantitative estimate of drug-likeness (QED) is 0.339. The number of likely N-dealkylation sites (N-methyl/N-ethyl adjacent to an activating group) is 2. The van der Waals surface area contributed by atoms with Gasteiger partial charge in [-0.05, 0) is 75.6 Å². The van der Waals surface area contributed by atoms with E-state index < -0.39 is 5.82 Å². The van der Waals surface area contributed by atoms with E-state index >= 15 is 4.39 Å². The number of rotatable bonds is 5. The third-order valence-electron chi connectivity index (χ3n) is 8.52. The van der Waals surface area contributed by atoms with Crippen molar-refractivity contribution < 1.29 is 9.50 Å². The van der Waals surface area contributed by atoms with E-state index in [-0.39, 0.29) is 21.9 Å². The summed E-state index contributed by atoms with van der Waals surface area (Å²) in [4.78, 5) is 18.7. The maximum absolute atomic E-state index is 16.8. The molecule has 0 aliphatic carbocycles. The number of hydrogen-bond acceptors (Lipinski definition) is 7. The molecule has 0 amide bonds. The molecule has 210 valence electrons. The standard InChI is InChI=1S/C31H36ClFN6O/c1-36(2)20-10-7-8-12-38(16-20)30-25-15-26(32)27(24-14-22(40)13-19-9-5-6-11-23(19)24)28(33)29(25)34-31(35-30)39-17-21(18-39)37(3)4/h5-6,9,11,13-15,20-21,40H,7-8,10,12,16-18H2,1-4H3. The van der Waals surface area contributed by atoms with E-state index in [2.05, 4.69) is 47.8 Å². The topological polar surface area (TPSA) is 59.0 Å². The predicted molar refractivity (Wildman–Crippen MR) is 162 cm³/mol. The number of aromatic nitrogens is 2. The molecule has 2 fully saturated rings. The van der Waals surface area contributed by atoms with E-state index in [0.717, 1.165) is 62.0 Å². The van der Waals surface area contributed by atoms with E-state index in [1.807, 2.05) is 30.3 Å². The summed E-state index contributed by atoms with van der Waals surface area (Å²) in [6.45, 7) is 3.22. The summed E-state index contributed by atoms with van der Waals surface area (Å²) in [5.74, 6) is 0.837. The number of fused-ring (bicyclic) bond motifs is 2. The molecule has 2 saturated heterocycles. The molecule has 1 unspecified atom stereocenters. The molecule has 0 radical (unpaired) electrons. The zero-order valence-electron chi connectivity index (χ0n) is 23.5. The maximum atomic E-state index is 16.8. The van der Waals surface area contributed by atoms with Gasteiger partial charge in [0.15, 0.2) is 5.82 Å². The molecule has 1 N–H and O–H groups in total. The van der Waals surface area contributed by atoms with E-state index in [1.54, 1.807) is 12.1 Å². The van der Waals surface area contributed by atoms with E-state index in [4.69, 9.17) is 21.6 Å². The molecule has 4 aromatic rings. The average molecular weight is 563 g/mol. The Bertz CT molecular complexity index is 1570. The molecule has 6 rings (SSSR count). The average Bonchev–Trinajstić information content (AvgIpc) is 3.14. The van der Waals surface area contributed by atoms with Crippen LogP contribution in [0, 0.1) is 5.82 Å². The van der Waals surface area contributed by atoms with Crippen molar-refractivity contribution in [1.29, 1.82) is 0 Å². The lowest BCUT2D eigenvalue weighted by atomic mass is 9.96. The van der Waals surface area contributed by atoms with Gasteiger partial charge in [0.2, 0.25) is 5.95 Å². The van der Waals surface area contributed by atoms with Crippen LogP contribution in [0.25, 0.3) is 32.8 Å². The van der Waals surface area contributed by atoms with Crippen LogP contribution < -0.4 is 9.80 Å². The fourth-order valence-corrected chi connectivity index (χ4v) is 6.27. The summed E-state index contributed by atoms with van der Waals surface area (Å²) >= 11 is 6.89. The minimum Gasteiger partial charge on any atom is -0.508 e. The predicted octanol–water partition coefficient (Wildman–Crippen LogP) is 5.62. The van der Waals surface area contributed by atoms with Gasteiger partial charge in [-0.1, -0.05) is 42.3 Å². The molecule has 1 aromatic heterocycles. The van der Waals surface area contributed by atoms with E-state index in [9.17, 15) is 5.11 Å². The van der Waals surface area contributed by atoms with Crippen molar-refractivity contribution in [3.8, 4) is 16.9 Å². The Balaban J connectivity index is 1.55. The van der Waals surface area contributed by atoms with Crippen molar-refractivity contribution in [2.45, 2.75) is 31.3 Å². The summed E-state index contributed by atoms with van der Waals surface area (Å²) in [5, 5.41) is 13.0. The van der Waals surface area contributed by atoms with Crippen molar-refractivity contribution in [3.05, 3.63) is 53.3 Å². The highest BCUT2D eigenvalue weighted by atomic mass is 35.5. The van der Waals surface area contributed by atoms with Crippen molar-refractivity contribution in [2.24, 2.45) is 0 Å². The lowest BCUT2D eigenvalue weighted by Gasteiger charge is -2.43. The lowest BCUT2D eigenvalue weighted by molar-refractivity contribution is 0.245. The van der Waals surface area contributed by atoms with Gasteiger partial charge < -0.3 is 24.7 Å². The first-order valence-corrected chi connectivity index (χ1v) is 14.3. The molecule has 1 atom stereocenters. The zero-order valence-corrected chi connectivity index (χ0v) is 24.3. The van der Waals surface area contributed by atoms with Crippen molar-refractivity contribution in [1.82, 2.24) is 19.8 Å². The third kappa shape index (κ3) is 4.82. The van der Waals surface area contributed by atoms with Gasteiger partial charge in [-0.3, -0.25) is 0 Å². The Morgan fingerprint density at radius 1 is 0.900 bits per heavy atom. The summed E-state index contributed by atoms with van der Waals surface area (Å²) in [7, 11) is 8.37. The highest BCUT2D eigenvalue weighted by Gasteiger charge is 2.33. The number of aromatic hydroxyl groups is 1. The fraction of sp³-hybridized carbons (Fsp3) is 0.419. The summed E-state index contributed by atoms with van der Waals surface area (Å²) < 4.78 is 16.8. The highest BCUT2D eigenvalue weighted by Crippen LogP contribution is 2.43. The Morgan fingerprint density at radius 2 is 1.62 bits per heavy atom. The van der Waals surface area contributed by atoms with Gasteiger partial charge in [-0.15, -0.1) is 0 Å². The first-order valence-electron chi connectivity index (χ1n) is 14.0. The van der Waals surface area contributed by atoms with Crippen LogP contribution in [0.15, 0.2) is 42.5 Å². The normalized spacial score (nSPS) is 18.6. The number of nitrogens with zero attached hydrogens (tertiary/aromatic N) is 6. The molecule has 0 bridgehead atoms. The first-order chi connectivity index (χ1) is 19.2. The largest absolute Gasteiger partial charge is 0.508 e. The molecular weight excluding hydrogens is 527 g/mol. The maximum Gasteiger partial charge on any atom is 0.228 e. The highest BCUT2D eigenvalue weighted by molar-refractivity contribution is 6.35. The molecule has 7 nitrogen and oxygen atoms in total. The smallest absolute Gasteiger partial charge is 0.228 e. The number of phenolic OH excluding ortho intramolecular Hbond substituents is 1. The SMILES string of the molecule is CN(C)C1CN(c2nc(N3CCCCC(N(C)C)C3)c3cc(Cl)c(-c4cc(O)cc5ccccc45)c(F)c3n2)C1.